The maximum atomic E-state index is 13.3. The maximum absolute atomic E-state index is 13.3. The number of nitrogens with one attached hydrogen (secondary N) is 2. The van der Waals surface area contributed by atoms with Crippen LogP contribution in [0.15, 0.2) is 36.5 Å². The molecule has 1 atom stereocenters. The average molecular weight is 473 g/mol. The van der Waals surface area contributed by atoms with Gasteiger partial charge in [-0.05, 0) is 37.3 Å². The number of benzene rings is 1. The van der Waals surface area contributed by atoms with Crippen molar-refractivity contribution >= 4 is 34.8 Å². The first-order valence-corrected chi connectivity index (χ1v) is 9.52. The van der Waals surface area contributed by atoms with Gasteiger partial charge in [-0.25, -0.2) is 22.2 Å². The van der Waals surface area contributed by atoms with Crippen LogP contribution in [0.2, 0.25) is 5.02 Å². The Bertz CT molecular complexity index is 1130. The molecule has 2 amide bonds. The van der Waals surface area contributed by atoms with E-state index in [0.29, 0.717) is 10.4 Å². The van der Waals surface area contributed by atoms with E-state index in [1.165, 1.54) is 35.9 Å². The molecule has 0 aliphatic heterocycles. The van der Waals surface area contributed by atoms with E-state index in [0.717, 1.165) is 0 Å². The topological polar surface area (TPSA) is 93.8 Å². The number of halogens is 5. The quantitative estimate of drug-likeness (QED) is 0.491. The summed E-state index contributed by atoms with van der Waals surface area (Å²) in [4.78, 5) is 24.6. The van der Waals surface area contributed by atoms with Crippen molar-refractivity contribution in [1.29, 1.82) is 0 Å². The predicted octanol–water partition coefficient (Wildman–Crippen LogP) is 4.60. The third-order valence-electron chi connectivity index (χ3n) is 4.43. The van der Waals surface area contributed by atoms with Gasteiger partial charge in [-0.2, -0.15) is 10.2 Å². The second kappa shape index (κ2) is 9.39. The molecule has 1 aromatic carbocycles. The zero-order valence-corrected chi connectivity index (χ0v) is 17.4. The smallest absolute Gasteiger partial charge is 0.283 e. The van der Waals surface area contributed by atoms with Crippen LogP contribution in [0, 0.1) is 0 Å². The predicted molar refractivity (Wildman–Crippen MR) is 108 cm³/mol. The fraction of sp³-hybridized carbons (Fsp3) is 0.263. The number of amides is 2. The SMILES string of the molecule is CC(C(=O)Nc1ccc(NC(=O)c2ccn(C)n2)cc1)n1nc(C(F)F)c(Cl)c1C(F)F. The summed E-state index contributed by atoms with van der Waals surface area (Å²) in [5, 5.41) is 11.6. The zero-order chi connectivity index (χ0) is 23.6. The van der Waals surface area contributed by atoms with Gasteiger partial charge in [-0.3, -0.25) is 14.3 Å². The van der Waals surface area contributed by atoms with Crippen molar-refractivity contribution in [1.82, 2.24) is 19.6 Å². The minimum Gasteiger partial charge on any atom is -0.324 e. The zero-order valence-electron chi connectivity index (χ0n) is 16.7. The third kappa shape index (κ3) is 4.90. The number of carbonyl (C=O) groups is 2. The fourth-order valence-corrected chi connectivity index (χ4v) is 3.09. The van der Waals surface area contributed by atoms with Gasteiger partial charge in [-0.1, -0.05) is 11.6 Å². The highest BCUT2D eigenvalue weighted by molar-refractivity contribution is 6.32. The van der Waals surface area contributed by atoms with E-state index in [1.807, 2.05) is 0 Å². The Morgan fingerprint density at radius 2 is 1.56 bits per heavy atom. The van der Waals surface area contributed by atoms with Gasteiger partial charge in [0.2, 0.25) is 5.91 Å². The van der Waals surface area contributed by atoms with Gasteiger partial charge in [0.1, 0.15) is 17.4 Å². The summed E-state index contributed by atoms with van der Waals surface area (Å²) in [5.74, 6) is -1.21. The Morgan fingerprint density at radius 1 is 0.969 bits per heavy atom. The lowest BCUT2D eigenvalue weighted by Crippen LogP contribution is -2.26. The summed E-state index contributed by atoms with van der Waals surface area (Å²) >= 11 is 5.62. The number of hydrogen-bond acceptors (Lipinski definition) is 4. The van der Waals surface area contributed by atoms with Crippen LogP contribution in [0.4, 0.5) is 28.9 Å². The lowest BCUT2D eigenvalue weighted by atomic mass is 10.2. The van der Waals surface area contributed by atoms with E-state index in [2.05, 4.69) is 20.8 Å². The van der Waals surface area contributed by atoms with Gasteiger partial charge in [0, 0.05) is 24.6 Å². The van der Waals surface area contributed by atoms with Gasteiger partial charge in [0.25, 0.3) is 18.8 Å². The Hall–Kier alpha value is -3.41. The lowest BCUT2D eigenvalue weighted by Gasteiger charge is -2.16. The minimum absolute atomic E-state index is 0.217. The van der Waals surface area contributed by atoms with Crippen LogP contribution in [0.1, 0.15) is 47.7 Å². The van der Waals surface area contributed by atoms with Crippen molar-refractivity contribution in [3.63, 3.8) is 0 Å². The molecule has 0 saturated heterocycles. The van der Waals surface area contributed by atoms with Crippen LogP contribution in [-0.2, 0) is 11.8 Å². The first-order valence-electron chi connectivity index (χ1n) is 9.14. The summed E-state index contributed by atoms with van der Waals surface area (Å²) in [5.41, 5.74) is -1.06. The van der Waals surface area contributed by atoms with Gasteiger partial charge in [-0.15, -0.1) is 0 Å². The molecule has 0 bridgehead atoms. The van der Waals surface area contributed by atoms with Crippen LogP contribution >= 0.6 is 11.6 Å². The normalized spacial score (nSPS) is 12.3. The molecule has 2 N–H and O–H groups in total. The molecule has 8 nitrogen and oxygen atoms in total. The van der Waals surface area contributed by atoms with Gasteiger partial charge < -0.3 is 10.6 Å². The van der Waals surface area contributed by atoms with E-state index < -0.39 is 47.1 Å². The molecule has 0 aliphatic carbocycles. The summed E-state index contributed by atoms with van der Waals surface area (Å²) in [6.07, 6.45) is -4.77. The van der Waals surface area contributed by atoms with Crippen molar-refractivity contribution < 1.29 is 27.2 Å². The van der Waals surface area contributed by atoms with Crippen molar-refractivity contribution in [2.24, 2.45) is 7.05 Å². The van der Waals surface area contributed by atoms with Crippen LogP contribution in [0.3, 0.4) is 0 Å². The molecule has 13 heteroatoms. The molecule has 0 saturated carbocycles. The molecule has 0 spiro atoms. The molecule has 0 aliphatic rings. The molecule has 2 aromatic heterocycles. The van der Waals surface area contributed by atoms with Gasteiger partial charge >= 0.3 is 0 Å². The Balaban J connectivity index is 1.71. The standard InChI is InChI=1S/C19H17ClF4N6O2/c1-9(30-15(17(23)24)13(20)14(28-30)16(21)22)18(31)25-10-3-5-11(6-4-10)26-19(32)12-7-8-29(2)27-12/h3-9,16-17H,1-2H3,(H,25,31)(H,26,32). The number of rotatable bonds is 7. The van der Waals surface area contributed by atoms with E-state index in [4.69, 9.17) is 11.6 Å². The molecular formula is C19H17ClF4N6O2. The molecule has 3 rings (SSSR count). The van der Waals surface area contributed by atoms with Gasteiger partial charge in [0.05, 0.1) is 5.02 Å². The largest absolute Gasteiger partial charge is 0.324 e. The first-order chi connectivity index (χ1) is 15.1. The second-order valence-corrected chi connectivity index (χ2v) is 7.08. The minimum atomic E-state index is -3.21. The molecule has 1 unspecified atom stereocenters. The van der Waals surface area contributed by atoms with Crippen LogP contribution in [-0.4, -0.2) is 31.4 Å². The molecule has 3 aromatic rings. The highest BCUT2D eigenvalue weighted by atomic mass is 35.5. The van der Waals surface area contributed by atoms with Gasteiger partial charge in [0.15, 0.2) is 5.69 Å². The molecular weight excluding hydrogens is 456 g/mol. The monoisotopic (exact) mass is 472 g/mol. The summed E-state index contributed by atoms with van der Waals surface area (Å²) in [6, 6.07) is 6.13. The summed E-state index contributed by atoms with van der Waals surface area (Å²) in [7, 11) is 1.67. The average Bonchev–Trinajstić information content (AvgIpc) is 3.32. The number of aromatic nitrogens is 4. The maximum Gasteiger partial charge on any atom is 0.283 e. The van der Waals surface area contributed by atoms with E-state index in [-0.39, 0.29) is 11.4 Å². The van der Waals surface area contributed by atoms with Crippen LogP contribution in [0.25, 0.3) is 0 Å². The van der Waals surface area contributed by atoms with Crippen molar-refractivity contribution in [2.45, 2.75) is 25.8 Å². The number of carbonyl (C=O) groups excluding carboxylic acids is 2. The number of anilines is 2. The number of hydrogen-bond donors (Lipinski definition) is 2. The van der Waals surface area contributed by atoms with Crippen molar-refractivity contribution in [3.8, 4) is 0 Å². The highest BCUT2D eigenvalue weighted by Crippen LogP contribution is 2.36. The Morgan fingerprint density at radius 3 is 2.06 bits per heavy atom. The van der Waals surface area contributed by atoms with Crippen molar-refractivity contribution in [2.75, 3.05) is 10.6 Å². The van der Waals surface area contributed by atoms with Crippen molar-refractivity contribution in [3.05, 3.63) is 58.6 Å². The summed E-state index contributed by atoms with van der Waals surface area (Å²) in [6.45, 7) is 1.22. The van der Waals surface area contributed by atoms with E-state index in [9.17, 15) is 27.2 Å². The third-order valence-corrected chi connectivity index (χ3v) is 4.82. The first kappa shape index (κ1) is 23.3. The van der Waals surface area contributed by atoms with Crippen LogP contribution < -0.4 is 10.6 Å². The molecule has 170 valence electrons. The number of alkyl halides is 4. The number of aryl methyl sites for hydroxylation is 1. The fourth-order valence-electron chi connectivity index (χ4n) is 2.80. The Labute approximate surface area is 184 Å². The van der Waals surface area contributed by atoms with E-state index >= 15 is 0 Å². The molecule has 0 radical (unpaired) electrons. The Kier molecular flexibility index (Phi) is 6.82. The summed E-state index contributed by atoms with van der Waals surface area (Å²) < 4.78 is 54.6. The lowest BCUT2D eigenvalue weighted by molar-refractivity contribution is -0.119. The van der Waals surface area contributed by atoms with Crippen LogP contribution in [0.5, 0.6) is 0 Å². The number of nitrogens with zero attached hydrogens (tertiary/aromatic N) is 4. The molecule has 0 fully saturated rings. The molecule has 32 heavy (non-hydrogen) atoms. The molecule has 2 heterocycles. The second-order valence-electron chi connectivity index (χ2n) is 6.70. The van der Waals surface area contributed by atoms with E-state index in [1.54, 1.807) is 19.3 Å². The highest BCUT2D eigenvalue weighted by Gasteiger charge is 2.31.